The number of ether oxygens (including phenoxy) is 1. The molecule has 0 aliphatic carbocycles. The van der Waals surface area contributed by atoms with Gasteiger partial charge in [0.05, 0.1) is 13.2 Å². The van der Waals surface area contributed by atoms with Gasteiger partial charge in [0.2, 0.25) is 0 Å². The number of hydrogen-bond donors (Lipinski definition) is 0. The van der Waals surface area contributed by atoms with Crippen molar-refractivity contribution in [3.8, 4) is 0 Å². The van der Waals surface area contributed by atoms with Crippen molar-refractivity contribution in [1.82, 2.24) is 4.90 Å². The highest BCUT2D eigenvalue weighted by atomic mass is 16.5. The van der Waals surface area contributed by atoms with E-state index in [2.05, 4.69) is 50.1 Å². The summed E-state index contributed by atoms with van der Waals surface area (Å²) in [6.07, 6.45) is 4.40. The van der Waals surface area contributed by atoms with Gasteiger partial charge in [-0.2, -0.15) is 0 Å². The van der Waals surface area contributed by atoms with Crippen molar-refractivity contribution in [1.29, 1.82) is 0 Å². The van der Waals surface area contributed by atoms with E-state index >= 15 is 0 Å². The Morgan fingerprint density at radius 1 is 1.17 bits per heavy atom. The molecule has 0 saturated carbocycles. The molecule has 1 aromatic carbocycles. The van der Waals surface area contributed by atoms with Crippen molar-refractivity contribution >= 4 is 0 Å². The minimum Gasteiger partial charge on any atom is -0.378 e. The third kappa shape index (κ3) is 5.87. The minimum atomic E-state index is 0.453. The van der Waals surface area contributed by atoms with Crippen molar-refractivity contribution in [3.63, 3.8) is 0 Å². The molecular formula is C16H25NO. The van der Waals surface area contributed by atoms with Crippen LogP contribution in [0, 0.1) is 5.92 Å². The quantitative estimate of drug-likeness (QED) is 0.694. The van der Waals surface area contributed by atoms with E-state index in [0.717, 1.165) is 19.7 Å². The average molecular weight is 247 g/mol. The molecule has 2 nitrogen and oxygen atoms in total. The standard InChI is InChI=1S/C16H25NO/c1-4-17(5-2)12-11-15(3)13-18-14-16-9-7-6-8-10-16/h6-12,15H,4-5,13-14H2,1-3H3/b12-11+/t15-/m1/s1. The van der Waals surface area contributed by atoms with Gasteiger partial charge in [-0.1, -0.05) is 43.3 Å². The molecule has 0 radical (unpaired) electrons. The molecule has 1 rings (SSSR count). The van der Waals surface area contributed by atoms with Crippen LogP contribution < -0.4 is 0 Å². The van der Waals surface area contributed by atoms with Gasteiger partial charge in [0.1, 0.15) is 0 Å². The molecule has 0 bridgehead atoms. The maximum absolute atomic E-state index is 5.71. The summed E-state index contributed by atoms with van der Waals surface area (Å²) in [5.41, 5.74) is 1.23. The van der Waals surface area contributed by atoms with Gasteiger partial charge in [-0.15, -0.1) is 0 Å². The molecule has 0 N–H and O–H groups in total. The fourth-order valence-electron chi connectivity index (χ4n) is 1.70. The number of nitrogens with zero attached hydrogens (tertiary/aromatic N) is 1. The van der Waals surface area contributed by atoms with E-state index in [1.165, 1.54) is 5.56 Å². The van der Waals surface area contributed by atoms with Crippen molar-refractivity contribution in [2.75, 3.05) is 19.7 Å². The highest BCUT2D eigenvalue weighted by Crippen LogP contribution is 2.04. The van der Waals surface area contributed by atoms with Crippen LogP contribution in [0.4, 0.5) is 0 Å². The second-order valence-electron chi connectivity index (χ2n) is 4.54. The Labute approximate surface area is 111 Å². The van der Waals surface area contributed by atoms with Crippen LogP contribution in [-0.2, 0) is 11.3 Å². The van der Waals surface area contributed by atoms with Gasteiger partial charge < -0.3 is 9.64 Å². The molecule has 0 saturated heterocycles. The molecule has 0 spiro atoms. The van der Waals surface area contributed by atoms with Crippen LogP contribution in [-0.4, -0.2) is 24.6 Å². The summed E-state index contributed by atoms with van der Waals surface area (Å²) in [6.45, 7) is 10.1. The lowest BCUT2D eigenvalue weighted by atomic mass is 10.2. The first-order valence-corrected chi connectivity index (χ1v) is 6.80. The lowest BCUT2D eigenvalue weighted by molar-refractivity contribution is 0.103. The molecule has 18 heavy (non-hydrogen) atoms. The van der Waals surface area contributed by atoms with E-state index in [-0.39, 0.29) is 0 Å². The summed E-state index contributed by atoms with van der Waals surface area (Å²) in [5.74, 6) is 0.453. The molecule has 0 aromatic heterocycles. The zero-order valence-electron chi connectivity index (χ0n) is 11.8. The third-order valence-electron chi connectivity index (χ3n) is 2.93. The summed E-state index contributed by atoms with van der Waals surface area (Å²) in [6, 6.07) is 10.3. The third-order valence-corrected chi connectivity index (χ3v) is 2.93. The van der Waals surface area contributed by atoms with E-state index in [9.17, 15) is 0 Å². The molecule has 1 atom stereocenters. The Morgan fingerprint density at radius 2 is 1.83 bits per heavy atom. The summed E-state index contributed by atoms with van der Waals surface area (Å²) in [7, 11) is 0. The Balaban J connectivity index is 2.23. The van der Waals surface area contributed by atoms with Gasteiger partial charge in [0, 0.05) is 13.1 Å². The van der Waals surface area contributed by atoms with Crippen LogP contribution >= 0.6 is 0 Å². The molecule has 0 aliphatic heterocycles. The van der Waals surface area contributed by atoms with Crippen molar-refractivity contribution in [3.05, 3.63) is 48.2 Å². The highest BCUT2D eigenvalue weighted by Gasteiger charge is 1.99. The lowest BCUT2D eigenvalue weighted by Gasteiger charge is -2.16. The average Bonchev–Trinajstić information content (AvgIpc) is 2.41. The normalized spacial score (nSPS) is 12.8. The Bertz CT molecular complexity index is 330. The summed E-state index contributed by atoms with van der Waals surface area (Å²) >= 11 is 0. The van der Waals surface area contributed by atoms with Crippen LogP contribution in [0.2, 0.25) is 0 Å². The number of hydrogen-bond acceptors (Lipinski definition) is 2. The summed E-state index contributed by atoms with van der Waals surface area (Å²) in [4.78, 5) is 2.29. The topological polar surface area (TPSA) is 12.5 Å². The second-order valence-corrected chi connectivity index (χ2v) is 4.54. The SMILES string of the molecule is CCN(/C=C/[C@@H](C)COCc1ccccc1)CC. The van der Waals surface area contributed by atoms with Gasteiger partial charge in [0.15, 0.2) is 0 Å². The van der Waals surface area contributed by atoms with Gasteiger partial charge in [-0.3, -0.25) is 0 Å². The van der Waals surface area contributed by atoms with E-state index in [4.69, 9.17) is 4.74 Å². The first-order chi connectivity index (χ1) is 8.76. The molecule has 0 amide bonds. The second kappa shape index (κ2) is 8.76. The Kier molecular flexibility index (Phi) is 7.19. The Morgan fingerprint density at radius 3 is 2.44 bits per heavy atom. The van der Waals surface area contributed by atoms with Crippen LogP contribution in [0.25, 0.3) is 0 Å². The summed E-state index contributed by atoms with van der Waals surface area (Å²) < 4.78 is 5.71. The van der Waals surface area contributed by atoms with Crippen LogP contribution in [0.5, 0.6) is 0 Å². The van der Waals surface area contributed by atoms with Gasteiger partial charge in [0.25, 0.3) is 0 Å². The fourth-order valence-corrected chi connectivity index (χ4v) is 1.70. The fraction of sp³-hybridized carbons (Fsp3) is 0.500. The molecule has 0 unspecified atom stereocenters. The number of rotatable bonds is 8. The zero-order chi connectivity index (χ0) is 13.2. The first kappa shape index (κ1) is 14.8. The molecule has 0 aliphatic rings. The summed E-state index contributed by atoms with van der Waals surface area (Å²) in [5, 5.41) is 0. The predicted molar refractivity (Wildman–Crippen MR) is 77.3 cm³/mol. The van der Waals surface area contributed by atoms with E-state index in [0.29, 0.717) is 12.5 Å². The molecular weight excluding hydrogens is 222 g/mol. The Hall–Kier alpha value is -1.28. The molecule has 0 heterocycles. The maximum atomic E-state index is 5.71. The monoisotopic (exact) mass is 247 g/mol. The molecule has 2 heteroatoms. The molecule has 0 fully saturated rings. The highest BCUT2D eigenvalue weighted by molar-refractivity contribution is 5.13. The van der Waals surface area contributed by atoms with E-state index in [1.54, 1.807) is 0 Å². The molecule has 100 valence electrons. The zero-order valence-corrected chi connectivity index (χ0v) is 11.8. The van der Waals surface area contributed by atoms with E-state index in [1.807, 2.05) is 18.2 Å². The van der Waals surface area contributed by atoms with Crippen molar-refractivity contribution in [2.24, 2.45) is 5.92 Å². The largest absolute Gasteiger partial charge is 0.378 e. The van der Waals surface area contributed by atoms with E-state index < -0.39 is 0 Å². The van der Waals surface area contributed by atoms with Crippen molar-refractivity contribution < 1.29 is 4.74 Å². The van der Waals surface area contributed by atoms with Gasteiger partial charge >= 0.3 is 0 Å². The van der Waals surface area contributed by atoms with Crippen LogP contribution in [0.15, 0.2) is 42.6 Å². The van der Waals surface area contributed by atoms with Crippen LogP contribution in [0.3, 0.4) is 0 Å². The first-order valence-electron chi connectivity index (χ1n) is 6.80. The maximum Gasteiger partial charge on any atom is 0.0717 e. The van der Waals surface area contributed by atoms with Gasteiger partial charge in [-0.25, -0.2) is 0 Å². The van der Waals surface area contributed by atoms with Crippen LogP contribution in [0.1, 0.15) is 26.3 Å². The molecule has 1 aromatic rings. The lowest BCUT2D eigenvalue weighted by Crippen LogP contribution is -2.16. The minimum absolute atomic E-state index is 0.453. The predicted octanol–water partition coefficient (Wildman–Crippen LogP) is 3.69. The van der Waals surface area contributed by atoms with Gasteiger partial charge in [-0.05, 0) is 31.5 Å². The van der Waals surface area contributed by atoms with Crippen molar-refractivity contribution in [2.45, 2.75) is 27.4 Å². The number of benzene rings is 1. The smallest absolute Gasteiger partial charge is 0.0717 e.